The second-order valence-corrected chi connectivity index (χ2v) is 8.45. The van der Waals surface area contributed by atoms with Crippen LogP contribution in [-0.2, 0) is 4.74 Å². The average molecular weight is 404 g/mol. The maximum atomic E-state index is 14.4. The fourth-order valence-electron chi connectivity index (χ4n) is 3.37. The highest BCUT2D eigenvalue weighted by atomic mass is 35.5. The van der Waals surface area contributed by atoms with Gasteiger partial charge in [-0.1, -0.05) is 36.5 Å². The van der Waals surface area contributed by atoms with Crippen LogP contribution in [0.15, 0.2) is 18.2 Å². The fraction of sp³-hybridized carbons (Fsp3) is 0.579. The molecule has 0 radical (unpaired) electrons. The Hall–Kier alpha value is -1.33. The molecule has 1 aromatic carbocycles. The highest BCUT2D eigenvalue weighted by Crippen LogP contribution is 2.39. The van der Waals surface area contributed by atoms with Gasteiger partial charge in [0.15, 0.2) is 5.78 Å². The van der Waals surface area contributed by atoms with Crippen molar-refractivity contribution in [2.75, 3.05) is 6.54 Å². The van der Waals surface area contributed by atoms with E-state index in [4.69, 9.17) is 27.9 Å². The first kappa shape index (κ1) is 21.0. The summed E-state index contributed by atoms with van der Waals surface area (Å²) in [6.45, 7) is 6.92. The van der Waals surface area contributed by atoms with E-state index in [1.54, 1.807) is 26.8 Å². The number of rotatable bonds is 4. The van der Waals surface area contributed by atoms with Crippen molar-refractivity contribution >= 4 is 35.1 Å². The van der Waals surface area contributed by atoms with Crippen LogP contribution in [0.4, 0.5) is 9.18 Å². The molecule has 2 rings (SSSR count). The van der Waals surface area contributed by atoms with E-state index in [-0.39, 0.29) is 23.8 Å². The number of halogens is 3. The van der Waals surface area contributed by atoms with E-state index >= 15 is 0 Å². The van der Waals surface area contributed by atoms with Gasteiger partial charge < -0.3 is 4.74 Å². The lowest BCUT2D eigenvalue weighted by molar-refractivity contribution is 0.00704. The van der Waals surface area contributed by atoms with Gasteiger partial charge in [0.05, 0.1) is 16.6 Å². The normalized spacial score (nSPS) is 23.2. The molecule has 1 unspecified atom stereocenters. The van der Waals surface area contributed by atoms with E-state index in [0.717, 1.165) is 0 Å². The number of ether oxygens (including phenoxy) is 1. The van der Waals surface area contributed by atoms with Crippen LogP contribution in [-0.4, -0.2) is 40.6 Å². The first-order chi connectivity index (χ1) is 12.0. The quantitative estimate of drug-likeness (QED) is 0.606. The number of benzene rings is 1. The van der Waals surface area contributed by atoms with E-state index < -0.39 is 23.4 Å². The molecule has 0 aliphatic carbocycles. The maximum absolute atomic E-state index is 14.4. The van der Waals surface area contributed by atoms with Crippen LogP contribution in [0.25, 0.3) is 0 Å². The fourth-order valence-corrected chi connectivity index (χ4v) is 3.66. The molecule has 1 amide bonds. The summed E-state index contributed by atoms with van der Waals surface area (Å²) in [5.74, 6) is -0.344. The summed E-state index contributed by atoms with van der Waals surface area (Å²) in [4.78, 5) is 27.3. The molecule has 0 N–H and O–H groups in total. The zero-order valence-electron chi connectivity index (χ0n) is 15.4. The third-order valence-electron chi connectivity index (χ3n) is 4.34. The van der Waals surface area contributed by atoms with Gasteiger partial charge in [0, 0.05) is 12.0 Å². The topological polar surface area (TPSA) is 46.6 Å². The van der Waals surface area contributed by atoms with Crippen LogP contribution in [0, 0.1) is 0 Å². The summed E-state index contributed by atoms with van der Waals surface area (Å²) in [6, 6.07) is 4.53. The molecule has 0 spiro atoms. The highest BCUT2D eigenvalue weighted by molar-refractivity contribution is 6.42. The van der Waals surface area contributed by atoms with Gasteiger partial charge in [-0.05, 0) is 45.4 Å². The zero-order valence-corrected chi connectivity index (χ0v) is 17.0. The minimum atomic E-state index is -1.29. The first-order valence-corrected chi connectivity index (χ1v) is 9.40. The van der Waals surface area contributed by atoms with Crippen LogP contribution in [0.1, 0.15) is 57.3 Å². The minimum absolute atomic E-state index is 0.0564. The van der Waals surface area contributed by atoms with Crippen molar-refractivity contribution in [1.29, 1.82) is 0 Å². The molecule has 1 heterocycles. The second kappa shape index (κ2) is 7.73. The van der Waals surface area contributed by atoms with Crippen LogP contribution in [0.3, 0.4) is 0 Å². The van der Waals surface area contributed by atoms with Crippen molar-refractivity contribution in [2.24, 2.45) is 0 Å². The number of ketones is 1. The van der Waals surface area contributed by atoms with Gasteiger partial charge in [0.25, 0.3) is 0 Å². The van der Waals surface area contributed by atoms with E-state index in [1.165, 1.54) is 17.0 Å². The number of likely N-dealkylation sites (tertiary alicyclic amines) is 1. The number of alkyl halides is 1. The first-order valence-electron chi connectivity index (χ1n) is 8.64. The summed E-state index contributed by atoms with van der Waals surface area (Å²) >= 11 is 12.0. The van der Waals surface area contributed by atoms with Crippen molar-refractivity contribution in [3.63, 3.8) is 0 Å². The lowest BCUT2D eigenvalue weighted by atomic mass is 9.82. The largest absolute Gasteiger partial charge is 0.444 e. The Morgan fingerprint density at radius 2 is 1.96 bits per heavy atom. The minimum Gasteiger partial charge on any atom is -0.444 e. The molecule has 144 valence electrons. The van der Waals surface area contributed by atoms with Crippen molar-refractivity contribution in [3.05, 3.63) is 33.8 Å². The lowest BCUT2D eigenvalue weighted by Crippen LogP contribution is -2.54. The monoisotopic (exact) mass is 403 g/mol. The van der Waals surface area contributed by atoms with E-state index in [2.05, 4.69) is 0 Å². The second-order valence-electron chi connectivity index (χ2n) is 7.63. The predicted octanol–water partition coefficient (Wildman–Crippen LogP) is 5.69. The van der Waals surface area contributed by atoms with Crippen LogP contribution < -0.4 is 0 Å². The van der Waals surface area contributed by atoms with Gasteiger partial charge in [-0.3, -0.25) is 9.69 Å². The predicted molar refractivity (Wildman–Crippen MR) is 101 cm³/mol. The molecule has 1 aromatic rings. The Labute approximate surface area is 163 Å². The van der Waals surface area contributed by atoms with Gasteiger partial charge in [0.2, 0.25) is 0 Å². The van der Waals surface area contributed by atoms with Gasteiger partial charge in [-0.25, -0.2) is 9.18 Å². The molecule has 7 heteroatoms. The third-order valence-corrected chi connectivity index (χ3v) is 5.08. The summed E-state index contributed by atoms with van der Waals surface area (Å²) < 4.78 is 19.8. The molecule has 0 saturated carbocycles. The smallest absolute Gasteiger partial charge is 0.411 e. The highest BCUT2D eigenvalue weighted by Gasteiger charge is 2.54. The van der Waals surface area contributed by atoms with Crippen molar-refractivity contribution in [3.8, 4) is 0 Å². The van der Waals surface area contributed by atoms with Crippen molar-refractivity contribution in [1.82, 2.24) is 4.90 Å². The standard InChI is InChI=1S/C19H24Cl2FNO3/c1-5-8-19(16(24)12-6-7-14(20)15(21)9-12)10-13(22)11-23(19)17(25)26-18(2,3)4/h6-7,9,13H,5,8,10-11H2,1-4H3/t13-,19?/m0/s1. The Balaban J connectivity index is 2.45. The van der Waals surface area contributed by atoms with Gasteiger partial charge in [-0.2, -0.15) is 0 Å². The van der Waals surface area contributed by atoms with Crippen LogP contribution in [0.5, 0.6) is 0 Å². The third kappa shape index (κ3) is 4.32. The molecule has 26 heavy (non-hydrogen) atoms. The van der Waals surface area contributed by atoms with Crippen LogP contribution in [0.2, 0.25) is 10.0 Å². The molecule has 1 aliphatic heterocycles. The van der Waals surface area contributed by atoms with E-state index in [1.807, 2.05) is 6.92 Å². The van der Waals surface area contributed by atoms with Gasteiger partial charge in [0.1, 0.15) is 17.3 Å². The summed E-state index contributed by atoms with van der Waals surface area (Å²) in [5.41, 5.74) is -1.72. The molecule has 2 atom stereocenters. The Morgan fingerprint density at radius 3 is 2.50 bits per heavy atom. The number of hydrogen-bond acceptors (Lipinski definition) is 3. The van der Waals surface area contributed by atoms with Crippen LogP contribution >= 0.6 is 23.2 Å². The number of carbonyl (C=O) groups is 2. The van der Waals surface area contributed by atoms with Gasteiger partial charge >= 0.3 is 6.09 Å². The number of Topliss-reactive ketones (excluding diaryl/α,β-unsaturated/α-hetero) is 1. The lowest BCUT2D eigenvalue weighted by Gasteiger charge is -2.37. The van der Waals surface area contributed by atoms with E-state index in [0.29, 0.717) is 23.4 Å². The molecule has 1 aliphatic rings. The Kier molecular flexibility index (Phi) is 6.24. The summed E-state index contributed by atoms with van der Waals surface area (Å²) in [5, 5.41) is 0.564. The van der Waals surface area contributed by atoms with Gasteiger partial charge in [-0.15, -0.1) is 0 Å². The summed E-state index contributed by atoms with van der Waals surface area (Å²) in [7, 11) is 0. The molecule has 0 bridgehead atoms. The number of nitrogens with zero attached hydrogens (tertiary/aromatic N) is 1. The number of hydrogen-bond donors (Lipinski definition) is 0. The van der Waals surface area contributed by atoms with Crippen molar-refractivity contribution < 1.29 is 18.7 Å². The SMILES string of the molecule is CCCC1(C(=O)c2ccc(Cl)c(Cl)c2)C[C@H](F)CN1C(=O)OC(C)(C)C. The molecule has 1 saturated heterocycles. The number of carbonyl (C=O) groups excluding carboxylic acids is 2. The average Bonchev–Trinajstić information content (AvgIpc) is 2.86. The maximum Gasteiger partial charge on any atom is 0.411 e. The molecule has 1 fully saturated rings. The van der Waals surface area contributed by atoms with Crippen molar-refractivity contribution in [2.45, 2.75) is 64.3 Å². The molecular formula is C19H24Cl2FNO3. The molecule has 4 nitrogen and oxygen atoms in total. The Morgan fingerprint density at radius 1 is 1.31 bits per heavy atom. The summed E-state index contributed by atoms with van der Waals surface area (Å²) in [6.07, 6.45) is -1.08. The number of amides is 1. The molecular weight excluding hydrogens is 380 g/mol. The van der Waals surface area contributed by atoms with E-state index in [9.17, 15) is 14.0 Å². The molecule has 0 aromatic heterocycles. The Bertz CT molecular complexity index is 705. The zero-order chi connectivity index (χ0) is 19.7.